The lowest BCUT2D eigenvalue weighted by atomic mass is 9.82. The molecule has 0 aromatic carbocycles. The Kier molecular flexibility index (Phi) is 4.30. The standard InChI is InChI=1S/C15H23NO3/c1-12-13(6-9-19-12)11-16(2)14(17)10-15(18)7-4-3-5-8-15/h6,9,18H,3-5,7-8,10-11H2,1-2H3. The normalized spacial score (nSPS) is 18.3. The van der Waals surface area contributed by atoms with Gasteiger partial charge < -0.3 is 14.4 Å². The Balaban J connectivity index is 1.90. The van der Waals surface area contributed by atoms with Crippen LogP contribution in [0.3, 0.4) is 0 Å². The minimum absolute atomic E-state index is 0.00463. The highest BCUT2D eigenvalue weighted by atomic mass is 16.3. The van der Waals surface area contributed by atoms with Gasteiger partial charge in [0.2, 0.25) is 5.91 Å². The number of carbonyl (C=O) groups is 1. The van der Waals surface area contributed by atoms with Gasteiger partial charge in [-0.2, -0.15) is 0 Å². The number of carbonyl (C=O) groups excluding carboxylic acids is 1. The fraction of sp³-hybridized carbons (Fsp3) is 0.667. The van der Waals surface area contributed by atoms with E-state index in [-0.39, 0.29) is 12.3 Å². The minimum Gasteiger partial charge on any atom is -0.469 e. The van der Waals surface area contributed by atoms with Gasteiger partial charge in [0.1, 0.15) is 5.76 Å². The average molecular weight is 265 g/mol. The van der Waals surface area contributed by atoms with Gasteiger partial charge in [-0.3, -0.25) is 4.79 Å². The van der Waals surface area contributed by atoms with E-state index in [2.05, 4.69) is 0 Å². The molecule has 1 aromatic heterocycles. The molecule has 0 bridgehead atoms. The molecular formula is C15H23NO3. The van der Waals surface area contributed by atoms with Gasteiger partial charge in [-0.15, -0.1) is 0 Å². The Bertz CT molecular complexity index is 432. The summed E-state index contributed by atoms with van der Waals surface area (Å²) in [6, 6.07) is 1.88. The van der Waals surface area contributed by atoms with Crippen molar-refractivity contribution in [1.29, 1.82) is 0 Å². The Morgan fingerprint density at radius 3 is 2.68 bits per heavy atom. The topological polar surface area (TPSA) is 53.7 Å². The predicted molar refractivity (Wildman–Crippen MR) is 72.6 cm³/mol. The molecule has 1 fully saturated rings. The quantitative estimate of drug-likeness (QED) is 0.910. The molecule has 0 radical (unpaired) electrons. The molecule has 1 aliphatic carbocycles. The van der Waals surface area contributed by atoms with Gasteiger partial charge in [0.25, 0.3) is 0 Å². The zero-order valence-corrected chi connectivity index (χ0v) is 11.8. The van der Waals surface area contributed by atoms with Gasteiger partial charge in [0.15, 0.2) is 0 Å². The van der Waals surface area contributed by atoms with Crippen LogP contribution in [0, 0.1) is 6.92 Å². The van der Waals surface area contributed by atoms with E-state index in [1.165, 1.54) is 6.42 Å². The molecule has 4 heteroatoms. The summed E-state index contributed by atoms with van der Waals surface area (Å²) in [5.41, 5.74) is 0.237. The fourth-order valence-electron chi connectivity index (χ4n) is 2.72. The first-order valence-electron chi connectivity index (χ1n) is 6.99. The number of amides is 1. The molecule has 106 valence electrons. The molecule has 1 saturated carbocycles. The summed E-state index contributed by atoms with van der Waals surface area (Å²) >= 11 is 0. The van der Waals surface area contributed by atoms with Crippen LogP contribution < -0.4 is 0 Å². The molecule has 0 aliphatic heterocycles. The highest BCUT2D eigenvalue weighted by Crippen LogP contribution is 2.31. The van der Waals surface area contributed by atoms with Crippen molar-refractivity contribution in [1.82, 2.24) is 4.90 Å². The Morgan fingerprint density at radius 2 is 2.11 bits per heavy atom. The van der Waals surface area contributed by atoms with E-state index in [0.29, 0.717) is 6.54 Å². The van der Waals surface area contributed by atoms with Crippen LogP contribution in [0.5, 0.6) is 0 Å². The highest BCUT2D eigenvalue weighted by Gasteiger charge is 2.32. The van der Waals surface area contributed by atoms with Crippen LogP contribution in [0.2, 0.25) is 0 Å². The lowest BCUT2D eigenvalue weighted by Gasteiger charge is -2.32. The van der Waals surface area contributed by atoms with Crippen molar-refractivity contribution in [2.75, 3.05) is 7.05 Å². The summed E-state index contributed by atoms with van der Waals surface area (Å²) in [7, 11) is 1.78. The SMILES string of the molecule is Cc1occc1CN(C)C(=O)CC1(O)CCCCC1. The summed E-state index contributed by atoms with van der Waals surface area (Å²) in [5.74, 6) is 0.848. The van der Waals surface area contributed by atoms with Crippen LogP contribution in [-0.2, 0) is 11.3 Å². The number of rotatable bonds is 4. The summed E-state index contributed by atoms with van der Waals surface area (Å²) < 4.78 is 5.23. The molecule has 1 heterocycles. The molecule has 4 nitrogen and oxygen atoms in total. The molecule has 0 atom stereocenters. The number of aryl methyl sites for hydroxylation is 1. The van der Waals surface area contributed by atoms with Gasteiger partial charge in [-0.1, -0.05) is 19.3 Å². The van der Waals surface area contributed by atoms with Crippen LogP contribution in [0.25, 0.3) is 0 Å². The first kappa shape index (κ1) is 14.1. The van der Waals surface area contributed by atoms with Crippen LogP contribution in [0.4, 0.5) is 0 Å². The average Bonchev–Trinajstić information content (AvgIpc) is 2.75. The lowest BCUT2D eigenvalue weighted by molar-refractivity contribution is -0.137. The lowest BCUT2D eigenvalue weighted by Crippen LogP contribution is -2.39. The molecule has 0 unspecified atom stereocenters. The van der Waals surface area contributed by atoms with E-state index in [9.17, 15) is 9.90 Å². The molecule has 2 rings (SSSR count). The zero-order valence-electron chi connectivity index (χ0n) is 11.8. The number of hydrogen-bond acceptors (Lipinski definition) is 3. The molecular weight excluding hydrogens is 242 g/mol. The van der Waals surface area contributed by atoms with E-state index >= 15 is 0 Å². The van der Waals surface area contributed by atoms with Crippen molar-refractivity contribution < 1.29 is 14.3 Å². The van der Waals surface area contributed by atoms with Crippen molar-refractivity contribution in [2.45, 2.75) is 57.6 Å². The number of aliphatic hydroxyl groups is 1. The van der Waals surface area contributed by atoms with E-state index in [4.69, 9.17) is 4.42 Å². The van der Waals surface area contributed by atoms with E-state index in [0.717, 1.165) is 37.0 Å². The van der Waals surface area contributed by atoms with E-state index in [1.807, 2.05) is 13.0 Å². The molecule has 1 amide bonds. The fourth-order valence-corrected chi connectivity index (χ4v) is 2.72. The Hall–Kier alpha value is -1.29. The molecule has 1 N–H and O–H groups in total. The molecule has 0 spiro atoms. The first-order valence-corrected chi connectivity index (χ1v) is 6.99. The monoisotopic (exact) mass is 265 g/mol. The predicted octanol–water partition coefficient (Wildman–Crippen LogP) is 2.63. The van der Waals surface area contributed by atoms with Crippen molar-refractivity contribution in [2.24, 2.45) is 0 Å². The second kappa shape index (κ2) is 5.78. The maximum Gasteiger partial charge on any atom is 0.225 e. The summed E-state index contributed by atoms with van der Waals surface area (Å²) in [5, 5.41) is 10.4. The number of hydrogen-bond donors (Lipinski definition) is 1. The summed E-state index contributed by atoms with van der Waals surface area (Å²) in [6.45, 7) is 2.43. The number of nitrogens with zero attached hydrogens (tertiary/aromatic N) is 1. The third-order valence-electron chi connectivity index (χ3n) is 4.06. The van der Waals surface area contributed by atoms with Crippen LogP contribution in [0.15, 0.2) is 16.7 Å². The van der Waals surface area contributed by atoms with Crippen molar-refractivity contribution >= 4 is 5.91 Å². The second-order valence-corrected chi connectivity index (χ2v) is 5.71. The molecule has 19 heavy (non-hydrogen) atoms. The summed E-state index contributed by atoms with van der Waals surface area (Å²) in [6.07, 6.45) is 6.58. The van der Waals surface area contributed by atoms with Crippen molar-refractivity contribution in [3.63, 3.8) is 0 Å². The van der Waals surface area contributed by atoms with Gasteiger partial charge >= 0.3 is 0 Å². The Labute approximate surface area is 114 Å². The third kappa shape index (κ3) is 3.60. The molecule has 0 saturated heterocycles. The maximum atomic E-state index is 12.2. The minimum atomic E-state index is -0.783. The Morgan fingerprint density at radius 1 is 1.42 bits per heavy atom. The van der Waals surface area contributed by atoms with Crippen LogP contribution >= 0.6 is 0 Å². The van der Waals surface area contributed by atoms with Crippen LogP contribution in [0.1, 0.15) is 49.8 Å². The second-order valence-electron chi connectivity index (χ2n) is 5.71. The van der Waals surface area contributed by atoms with Gasteiger partial charge in [-0.05, 0) is 25.8 Å². The van der Waals surface area contributed by atoms with Crippen LogP contribution in [-0.4, -0.2) is 28.6 Å². The van der Waals surface area contributed by atoms with Crippen molar-refractivity contribution in [3.05, 3.63) is 23.7 Å². The maximum absolute atomic E-state index is 12.2. The van der Waals surface area contributed by atoms with Crippen molar-refractivity contribution in [3.8, 4) is 0 Å². The zero-order chi connectivity index (χ0) is 13.9. The van der Waals surface area contributed by atoms with E-state index < -0.39 is 5.60 Å². The van der Waals surface area contributed by atoms with Gasteiger partial charge in [-0.25, -0.2) is 0 Å². The van der Waals surface area contributed by atoms with Gasteiger partial charge in [0.05, 0.1) is 18.3 Å². The molecule has 1 aliphatic rings. The largest absolute Gasteiger partial charge is 0.469 e. The van der Waals surface area contributed by atoms with E-state index in [1.54, 1.807) is 18.2 Å². The number of furan rings is 1. The third-order valence-corrected chi connectivity index (χ3v) is 4.06. The van der Waals surface area contributed by atoms with Gasteiger partial charge in [0, 0.05) is 19.2 Å². The highest BCUT2D eigenvalue weighted by molar-refractivity contribution is 5.77. The smallest absolute Gasteiger partial charge is 0.225 e. The molecule has 1 aromatic rings. The first-order chi connectivity index (χ1) is 9.00. The summed E-state index contributed by atoms with van der Waals surface area (Å²) in [4.78, 5) is 13.9.